The molecule has 0 aromatic carbocycles. The fourth-order valence-electron chi connectivity index (χ4n) is 0.498. The van der Waals surface area contributed by atoms with Gasteiger partial charge < -0.3 is 5.32 Å². The van der Waals surface area contributed by atoms with Crippen molar-refractivity contribution in [1.29, 1.82) is 0 Å². The van der Waals surface area contributed by atoms with Crippen LogP contribution in [0.1, 0.15) is 6.42 Å². The largest absolute Gasteiger partial charge is 0.359 e. The molecule has 1 N–H and O–H groups in total. The number of amides is 1. The van der Waals surface area contributed by atoms with Crippen molar-refractivity contribution in [3.8, 4) is 0 Å². The lowest BCUT2D eigenvalue weighted by Crippen LogP contribution is -2.15. The number of carbonyl (C=O) groups is 1. The third-order valence-electron chi connectivity index (χ3n) is 1.08. The van der Waals surface area contributed by atoms with E-state index in [1.54, 1.807) is 25.3 Å². The molecule has 0 rings (SSSR count). The lowest BCUT2D eigenvalue weighted by Gasteiger charge is -1.90. The van der Waals surface area contributed by atoms with Gasteiger partial charge in [-0.2, -0.15) is 0 Å². The Hall–Kier alpha value is -1.31. The minimum Gasteiger partial charge on any atom is -0.359 e. The average molecular weight is 151 g/mol. The Bertz CT molecular complexity index is 180. The van der Waals surface area contributed by atoms with Gasteiger partial charge in [-0.15, -0.1) is 0 Å². The van der Waals surface area contributed by atoms with E-state index in [0.29, 0.717) is 6.42 Å². The second-order valence-corrected chi connectivity index (χ2v) is 1.93. The summed E-state index contributed by atoms with van der Waals surface area (Å²) in [6.45, 7) is 3.51. The van der Waals surface area contributed by atoms with E-state index in [9.17, 15) is 4.79 Å². The molecule has 0 radical (unpaired) electrons. The Labute approximate surface area is 67.3 Å². The Kier molecular flexibility index (Phi) is 5.99. The van der Waals surface area contributed by atoms with Crippen molar-refractivity contribution >= 4 is 5.91 Å². The maximum absolute atomic E-state index is 10.6. The fourth-order valence-corrected chi connectivity index (χ4v) is 0.498. The Morgan fingerprint density at radius 2 is 2.18 bits per heavy atom. The first-order valence-corrected chi connectivity index (χ1v) is 3.46. The van der Waals surface area contributed by atoms with Gasteiger partial charge in [-0.1, -0.05) is 37.0 Å². The number of allylic oxidation sites excluding steroid dienone is 4. The molecule has 1 amide bonds. The Morgan fingerprint density at radius 1 is 1.45 bits per heavy atom. The van der Waals surface area contributed by atoms with Crippen LogP contribution in [-0.2, 0) is 4.79 Å². The van der Waals surface area contributed by atoms with Gasteiger partial charge in [-0.05, 0) is 0 Å². The van der Waals surface area contributed by atoms with Crippen LogP contribution in [0, 0.1) is 0 Å². The number of rotatable bonds is 4. The van der Waals surface area contributed by atoms with Gasteiger partial charge in [0.2, 0.25) is 5.91 Å². The van der Waals surface area contributed by atoms with Crippen LogP contribution in [0.4, 0.5) is 0 Å². The van der Waals surface area contributed by atoms with Gasteiger partial charge in [0, 0.05) is 13.5 Å². The molecule has 2 nitrogen and oxygen atoms in total. The molecular weight excluding hydrogens is 138 g/mol. The van der Waals surface area contributed by atoms with Crippen molar-refractivity contribution < 1.29 is 4.79 Å². The number of carbonyl (C=O) groups excluding carboxylic acids is 1. The summed E-state index contributed by atoms with van der Waals surface area (Å²) >= 11 is 0. The summed E-state index contributed by atoms with van der Waals surface area (Å²) in [7, 11) is 1.62. The van der Waals surface area contributed by atoms with Gasteiger partial charge >= 0.3 is 0 Å². The highest BCUT2D eigenvalue weighted by atomic mass is 16.1. The normalized spacial score (nSPS) is 10.6. The maximum Gasteiger partial charge on any atom is 0.223 e. The molecule has 0 atom stereocenters. The van der Waals surface area contributed by atoms with Crippen LogP contribution in [0.15, 0.2) is 37.0 Å². The molecule has 2 heteroatoms. The van der Waals surface area contributed by atoms with Crippen molar-refractivity contribution in [2.24, 2.45) is 0 Å². The van der Waals surface area contributed by atoms with Gasteiger partial charge in [-0.3, -0.25) is 4.79 Å². The maximum atomic E-state index is 10.6. The summed E-state index contributed by atoms with van der Waals surface area (Å²) in [5, 5.41) is 2.52. The standard InChI is InChI=1S/C9H13NO/c1-3-4-5-6-7-8-9(11)10-2/h3-7H,1,8H2,2H3,(H,10,11)/b5-4-,7-6-. The van der Waals surface area contributed by atoms with E-state index in [1.807, 2.05) is 12.2 Å². The highest BCUT2D eigenvalue weighted by Crippen LogP contribution is 1.83. The molecule has 0 saturated heterocycles. The lowest BCUT2D eigenvalue weighted by molar-refractivity contribution is -0.119. The summed E-state index contributed by atoms with van der Waals surface area (Å²) in [6, 6.07) is 0. The molecule has 0 saturated carbocycles. The van der Waals surface area contributed by atoms with Crippen molar-refractivity contribution in [2.75, 3.05) is 7.05 Å². The van der Waals surface area contributed by atoms with Crippen molar-refractivity contribution in [1.82, 2.24) is 5.32 Å². The van der Waals surface area contributed by atoms with Crippen LogP contribution in [0.2, 0.25) is 0 Å². The third-order valence-corrected chi connectivity index (χ3v) is 1.08. The SMILES string of the molecule is C=C/C=C\C=C/CC(=O)NC. The molecule has 60 valence electrons. The van der Waals surface area contributed by atoms with E-state index in [1.165, 1.54) is 0 Å². The minimum atomic E-state index is 0.0215. The molecule has 0 aromatic rings. The Balaban J connectivity index is 3.52. The molecule has 0 aliphatic heterocycles. The second kappa shape index (κ2) is 6.81. The molecule has 0 bridgehead atoms. The number of hydrogen-bond donors (Lipinski definition) is 1. The topological polar surface area (TPSA) is 29.1 Å². The van der Waals surface area contributed by atoms with Crippen LogP contribution < -0.4 is 5.32 Å². The van der Waals surface area contributed by atoms with Crippen molar-refractivity contribution in [3.63, 3.8) is 0 Å². The summed E-state index contributed by atoms with van der Waals surface area (Å²) in [5.74, 6) is 0.0215. The molecule has 0 unspecified atom stereocenters. The molecule has 0 aliphatic rings. The first-order valence-electron chi connectivity index (χ1n) is 3.46. The number of hydrogen-bond acceptors (Lipinski definition) is 1. The summed E-state index contributed by atoms with van der Waals surface area (Å²) in [4.78, 5) is 10.6. The van der Waals surface area contributed by atoms with E-state index in [4.69, 9.17) is 0 Å². The van der Waals surface area contributed by atoms with Crippen LogP contribution in [0.3, 0.4) is 0 Å². The first-order chi connectivity index (χ1) is 5.31. The molecule has 0 heterocycles. The third kappa shape index (κ3) is 6.58. The summed E-state index contributed by atoms with van der Waals surface area (Å²) < 4.78 is 0. The fraction of sp³-hybridized carbons (Fsp3) is 0.222. The van der Waals surface area contributed by atoms with Crippen LogP contribution in [0.25, 0.3) is 0 Å². The summed E-state index contributed by atoms with van der Waals surface area (Å²) in [5.41, 5.74) is 0. The van der Waals surface area contributed by atoms with E-state index < -0.39 is 0 Å². The molecule has 0 fully saturated rings. The predicted molar refractivity (Wildman–Crippen MR) is 47.2 cm³/mol. The van der Waals surface area contributed by atoms with Gasteiger partial charge in [0.25, 0.3) is 0 Å². The summed E-state index contributed by atoms with van der Waals surface area (Å²) in [6.07, 6.45) is 9.36. The molecule has 11 heavy (non-hydrogen) atoms. The van der Waals surface area contributed by atoms with E-state index >= 15 is 0 Å². The number of nitrogens with one attached hydrogen (secondary N) is 1. The van der Waals surface area contributed by atoms with Gasteiger partial charge in [-0.25, -0.2) is 0 Å². The zero-order valence-corrected chi connectivity index (χ0v) is 6.71. The van der Waals surface area contributed by atoms with Crippen LogP contribution in [0.5, 0.6) is 0 Å². The quantitative estimate of drug-likeness (QED) is 0.605. The molecular formula is C9H13NO. The molecule has 0 aliphatic carbocycles. The van der Waals surface area contributed by atoms with E-state index in [-0.39, 0.29) is 5.91 Å². The second-order valence-electron chi connectivity index (χ2n) is 1.93. The van der Waals surface area contributed by atoms with E-state index in [0.717, 1.165) is 0 Å². The zero-order chi connectivity index (χ0) is 8.53. The lowest BCUT2D eigenvalue weighted by atomic mass is 10.3. The molecule has 0 spiro atoms. The van der Waals surface area contributed by atoms with Crippen molar-refractivity contribution in [3.05, 3.63) is 37.0 Å². The van der Waals surface area contributed by atoms with Gasteiger partial charge in [0.05, 0.1) is 0 Å². The van der Waals surface area contributed by atoms with Gasteiger partial charge in [0.1, 0.15) is 0 Å². The van der Waals surface area contributed by atoms with Crippen LogP contribution in [-0.4, -0.2) is 13.0 Å². The first kappa shape index (κ1) is 9.69. The minimum absolute atomic E-state index is 0.0215. The highest BCUT2D eigenvalue weighted by molar-refractivity contribution is 5.77. The average Bonchev–Trinajstić information content (AvgIpc) is 2.04. The smallest absolute Gasteiger partial charge is 0.223 e. The highest BCUT2D eigenvalue weighted by Gasteiger charge is 1.88. The zero-order valence-electron chi connectivity index (χ0n) is 6.71. The molecule has 0 aromatic heterocycles. The van der Waals surface area contributed by atoms with Crippen molar-refractivity contribution in [2.45, 2.75) is 6.42 Å². The predicted octanol–water partition coefficient (Wildman–Crippen LogP) is 1.42. The Morgan fingerprint density at radius 3 is 2.73 bits per heavy atom. The van der Waals surface area contributed by atoms with Crippen LogP contribution >= 0.6 is 0 Å². The monoisotopic (exact) mass is 151 g/mol. The van der Waals surface area contributed by atoms with Gasteiger partial charge in [0.15, 0.2) is 0 Å². The van der Waals surface area contributed by atoms with E-state index in [2.05, 4.69) is 11.9 Å².